The zero-order valence-electron chi connectivity index (χ0n) is 15.0. The van der Waals surface area contributed by atoms with Crippen molar-refractivity contribution in [3.8, 4) is 5.75 Å². The number of sulfonamides is 1. The third kappa shape index (κ3) is 3.53. The molecule has 0 unspecified atom stereocenters. The van der Waals surface area contributed by atoms with Gasteiger partial charge in [-0.25, -0.2) is 8.42 Å². The SMILES string of the molecule is O=C(O)[C@@H]1CCCN1S(=O)(=O)c1ccc2cc(OC3CCCC3)ccc2c1. The number of hydrogen-bond donors (Lipinski definition) is 1. The number of benzene rings is 2. The van der Waals surface area contributed by atoms with Crippen molar-refractivity contribution in [2.24, 2.45) is 0 Å². The first kappa shape index (κ1) is 18.3. The number of nitrogens with zero attached hydrogens (tertiary/aromatic N) is 1. The Morgan fingerprint density at radius 3 is 2.44 bits per heavy atom. The molecule has 1 N–H and O–H groups in total. The van der Waals surface area contributed by atoms with E-state index in [2.05, 4.69) is 0 Å². The predicted octanol–water partition coefficient (Wildman–Crippen LogP) is 3.40. The van der Waals surface area contributed by atoms with Crippen LogP contribution in [0.5, 0.6) is 5.75 Å². The molecule has 0 radical (unpaired) electrons. The molecule has 1 heterocycles. The lowest BCUT2D eigenvalue weighted by atomic mass is 10.1. The molecule has 144 valence electrons. The Hall–Kier alpha value is -2.12. The molecular formula is C20H23NO5S. The number of rotatable bonds is 5. The van der Waals surface area contributed by atoms with Gasteiger partial charge in [0.1, 0.15) is 11.8 Å². The fourth-order valence-electron chi connectivity index (χ4n) is 4.04. The Kier molecular flexibility index (Phi) is 4.82. The smallest absolute Gasteiger partial charge is 0.322 e. The van der Waals surface area contributed by atoms with Gasteiger partial charge in [0.05, 0.1) is 11.0 Å². The van der Waals surface area contributed by atoms with Crippen molar-refractivity contribution in [2.45, 2.75) is 55.6 Å². The lowest BCUT2D eigenvalue weighted by Gasteiger charge is -2.21. The molecule has 1 saturated heterocycles. The van der Waals surface area contributed by atoms with E-state index in [0.717, 1.165) is 33.7 Å². The molecule has 27 heavy (non-hydrogen) atoms. The first-order valence-corrected chi connectivity index (χ1v) is 10.8. The normalized spacial score (nSPS) is 21.7. The van der Waals surface area contributed by atoms with Crippen LogP contribution >= 0.6 is 0 Å². The predicted molar refractivity (Wildman–Crippen MR) is 101 cm³/mol. The summed E-state index contributed by atoms with van der Waals surface area (Å²) in [4.78, 5) is 11.5. The van der Waals surface area contributed by atoms with Crippen LogP contribution in [0.2, 0.25) is 0 Å². The van der Waals surface area contributed by atoms with E-state index in [1.807, 2.05) is 18.2 Å². The van der Waals surface area contributed by atoms with Crippen molar-refractivity contribution in [1.82, 2.24) is 4.31 Å². The number of hydrogen-bond acceptors (Lipinski definition) is 4. The Labute approximate surface area is 158 Å². The van der Waals surface area contributed by atoms with Crippen LogP contribution in [0.3, 0.4) is 0 Å². The van der Waals surface area contributed by atoms with Crippen molar-refractivity contribution in [2.75, 3.05) is 6.54 Å². The lowest BCUT2D eigenvalue weighted by molar-refractivity contribution is -0.140. The van der Waals surface area contributed by atoms with Gasteiger partial charge in [-0.05, 0) is 73.6 Å². The van der Waals surface area contributed by atoms with Gasteiger partial charge in [0.2, 0.25) is 10.0 Å². The number of ether oxygens (including phenoxy) is 1. The summed E-state index contributed by atoms with van der Waals surface area (Å²) in [7, 11) is -3.83. The van der Waals surface area contributed by atoms with Crippen LogP contribution in [0.4, 0.5) is 0 Å². The zero-order chi connectivity index (χ0) is 19.0. The number of aliphatic carboxylic acids is 1. The second-order valence-corrected chi connectivity index (χ2v) is 9.20. The van der Waals surface area contributed by atoms with E-state index in [1.54, 1.807) is 18.2 Å². The molecule has 2 fully saturated rings. The van der Waals surface area contributed by atoms with Gasteiger partial charge in [0, 0.05) is 6.54 Å². The van der Waals surface area contributed by atoms with E-state index in [0.29, 0.717) is 12.8 Å². The summed E-state index contributed by atoms with van der Waals surface area (Å²) in [5.41, 5.74) is 0. The van der Waals surface area contributed by atoms with Crippen LogP contribution in [0, 0.1) is 0 Å². The van der Waals surface area contributed by atoms with Crippen LogP contribution in [-0.2, 0) is 14.8 Å². The van der Waals surface area contributed by atoms with Crippen molar-refractivity contribution < 1.29 is 23.1 Å². The van der Waals surface area contributed by atoms with Gasteiger partial charge in [-0.15, -0.1) is 0 Å². The molecule has 1 saturated carbocycles. The minimum absolute atomic E-state index is 0.132. The minimum Gasteiger partial charge on any atom is -0.490 e. The minimum atomic E-state index is -3.83. The highest BCUT2D eigenvalue weighted by Gasteiger charge is 2.39. The fourth-order valence-corrected chi connectivity index (χ4v) is 5.73. The fraction of sp³-hybridized carbons (Fsp3) is 0.450. The maximum absolute atomic E-state index is 12.9. The third-order valence-corrected chi connectivity index (χ3v) is 7.39. The molecule has 0 amide bonds. The monoisotopic (exact) mass is 389 g/mol. The van der Waals surface area contributed by atoms with E-state index >= 15 is 0 Å². The van der Waals surface area contributed by atoms with E-state index in [4.69, 9.17) is 4.74 Å². The summed E-state index contributed by atoms with van der Waals surface area (Å²) in [6, 6.07) is 9.60. The Bertz CT molecular complexity index is 965. The molecule has 1 aliphatic heterocycles. The third-order valence-electron chi connectivity index (χ3n) is 5.48. The number of fused-ring (bicyclic) bond motifs is 1. The molecule has 1 atom stereocenters. The first-order valence-electron chi connectivity index (χ1n) is 9.40. The Balaban J connectivity index is 1.62. The number of carboxylic acids is 1. The first-order chi connectivity index (χ1) is 12.9. The largest absolute Gasteiger partial charge is 0.490 e. The number of carbonyl (C=O) groups is 1. The van der Waals surface area contributed by atoms with Crippen LogP contribution in [0.25, 0.3) is 10.8 Å². The summed E-state index contributed by atoms with van der Waals surface area (Å²) in [6.07, 6.45) is 5.74. The Morgan fingerprint density at radius 1 is 1.00 bits per heavy atom. The quantitative estimate of drug-likeness (QED) is 0.847. The van der Waals surface area contributed by atoms with Crippen LogP contribution in [0.1, 0.15) is 38.5 Å². The van der Waals surface area contributed by atoms with Crippen LogP contribution < -0.4 is 4.74 Å². The Morgan fingerprint density at radius 2 is 1.70 bits per heavy atom. The molecule has 0 bridgehead atoms. The van der Waals surface area contributed by atoms with Crippen LogP contribution in [-0.4, -0.2) is 42.5 Å². The molecule has 0 spiro atoms. The average molecular weight is 389 g/mol. The standard InChI is InChI=1S/C20H23NO5S/c22-20(23)19-6-3-11-21(19)27(24,25)18-10-8-14-12-17(9-7-15(14)13-18)26-16-4-1-2-5-16/h7-10,12-13,16,19H,1-6,11H2,(H,22,23)/t19-/m0/s1. The second-order valence-electron chi connectivity index (χ2n) is 7.31. The zero-order valence-corrected chi connectivity index (χ0v) is 15.8. The van der Waals surface area contributed by atoms with Crippen LogP contribution in [0.15, 0.2) is 41.3 Å². The molecule has 2 aromatic rings. The maximum atomic E-state index is 12.9. The van der Waals surface area contributed by atoms with E-state index < -0.39 is 22.0 Å². The molecule has 2 aliphatic rings. The summed E-state index contributed by atoms with van der Waals surface area (Å²) in [5.74, 6) is -0.291. The molecule has 6 nitrogen and oxygen atoms in total. The molecular weight excluding hydrogens is 366 g/mol. The van der Waals surface area contributed by atoms with Gasteiger partial charge in [-0.2, -0.15) is 4.31 Å². The molecule has 4 rings (SSSR count). The van der Waals surface area contributed by atoms with Gasteiger partial charge >= 0.3 is 5.97 Å². The van der Waals surface area contributed by atoms with Crippen molar-refractivity contribution in [3.63, 3.8) is 0 Å². The van der Waals surface area contributed by atoms with Crippen molar-refractivity contribution in [1.29, 1.82) is 0 Å². The maximum Gasteiger partial charge on any atom is 0.322 e. The summed E-state index contributed by atoms with van der Waals surface area (Å²) < 4.78 is 33.0. The van der Waals surface area contributed by atoms with Gasteiger partial charge in [0.15, 0.2) is 0 Å². The molecule has 0 aromatic heterocycles. The number of carboxylic acid groups (broad SMARTS) is 1. The molecule has 2 aromatic carbocycles. The van der Waals surface area contributed by atoms with Gasteiger partial charge < -0.3 is 9.84 Å². The van der Waals surface area contributed by atoms with Gasteiger partial charge in [0.25, 0.3) is 0 Å². The van der Waals surface area contributed by atoms with E-state index in [-0.39, 0.29) is 17.5 Å². The lowest BCUT2D eigenvalue weighted by Crippen LogP contribution is -2.40. The van der Waals surface area contributed by atoms with E-state index in [1.165, 1.54) is 12.8 Å². The topological polar surface area (TPSA) is 83.9 Å². The highest BCUT2D eigenvalue weighted by molar-refractivity contribution is 7.89. The van der Waals surface area contributed by atoms with Crippen molar-refractivity contribution >= 4 is 26.8 Å². The average Bonchev–Trinajstić information content (AvgIpc) is 3.33. The summed E-state index contributed by atoms with van der Waals surface area (Å²) >= 11 is 0. The highest BCUT2D eigenvalue weighted by atomic mass is 32.2. The molecule has 1 aliphatic carbocycles. The summed E-state index contributed by atoms with van der Waals surface area (Å²) in [6.45, 7) is 0.242. The summed E-state index contributed by atoms with van der Waals surface area (Å²) in [5, 5.41) is 11.0. The van der Waals surface area contributed by atoms with Gasteiger partial charge in [-0.3, -0.25) is 4.79 Å². The highest BCUT2D eigenvalue weighted by Crippen LogP contribution is 2.30. The molecule has 7 heteroatoms. The van der Waals surface area contributed by atoms with Gasteiger partial charge in [-0.1, -0.05) is 12.1 Å². The van der Waals surface area contributed by atoms with E-state index in [9.17, 15) is 18.3 Å². The van der Waals surface area contributed by atoms with Crippen molar-refractivity contribution in [3.05, 3.63) is 36.4 Å². The second kappa shape index (κ2) is 7.13.